The lowest BCUT2D eigenvalue weighted by atomic mass is 9.95. The number of nitrogens with two attached hydrogens (primary N) is 1. The van der Waals surface area contributed by atoms with E-state index in [-0.39, 0.29) is 5.41 Å². The van der Waals surface area contributed by atoms with Crippen molar-refractivity contribution in [2.24, 2.45) is 22.1 Å². The number of amidine groups is 1. The third-order valence-electron chi connectivity index (χ3n) is 2.28. The molecule has 0 aromatic carbocycles. The van der Waals surface area contributed by atoms with Gasteiger partial charge in [-0.1, -0.05) is 33.6 Å². The lowest BCUT2D eigenvalue weighted by Gasteiger charge is -2.17. The number of rotatable bonds is 3. The zero-order valence-corrected chi connectivity index (χ0v) is 8.43. The minimum absolute atomic E-state index is 0.0452. The first-order chi connectivity index (χ1) is 5.50. The molecule has 12 heavy (non-hydrogen) atoms. The van der Waals surface area contributed by atoms with Crippen molar-refractivity contribution in [1.82, 2.24) is 0 Å². The quantitative estimate of drug-likeness (QED) is 0.509. The van der Waals surface area contributed by atoms with E-state index in [1.165, 1.54) is 19.3 Å². The third kappa shape index (κ3) is 3.24. The van der Waals surface area contributed by atoms with Crippen LogP contribution in [0.5, 0.6) is 0 Å². The van der Waals surface area contributed by atoms with Crippen molar-refractivity contribution in [2.75, 3.05) is 6.54 Å². The monoisotopic (exact) mass is 168 g/mol. The summed E-state index contributed by atoms with van der Waals surface area (Å²) in [5, 5.41) is 0. The Kier molecular flexibility index (Phi) is 2.76. The second kappa shape index (κ2) is 3.46. The van der Waals surface area contributed by atoms with Crippen LogP contribution in [-0.2, 0) is 0 Å². The van der Waals surface area contributed by atoms with Crippen molar-refractivity contribution >= 4 is 5.84 Å². The smallest absolute Gasteiger partial charge is 0.0991 e. The van der Waals surface area contributed by atoms with E-state index in [1.54, 1.807) is 0 Å². The molecular weight excluding hydrogens is 148 g/mol. The maximum atomic E-state index is 5.81. The Balaban J connectivity index is 2.24. The molecule has 0 radical (unpaired) electrons. The van der Waals surface area contributed by atoms with E-state index in [1.807, 2.05) is 0 Å². The standard InChI is InChI=1S/C10H20N2/c1-10(2,3)9(11)12-7-6-8-4-5-8/h8H,4-7H2,1-3H3,(H2,11,12). The van der Waals surface area contributed by atoms with Crippen LogP contribution in [0, 0.1) is 11.3 Å². The van der Waals surface area contributed by atoms with Crippen molar-refractivity contribution in [2.45, 2.75) is 40.0 Å². The van der Waals surface area contributed by atoms with Crippen LogP contribution >= 0.6 is 0 Å². The molecule has 0 aliphatic heterocycles. The zero-order valence-electron chi connectivity index (χ0n) is 8.43. The Hall–Kier alpha value is -0.530. The predicted octanol–water partition coefficient (Wildman–Crippen LogP) is 2.19. The minimum atomic E-state index is 0.0452. The van der Waals surface area contributed by atoms with Crippen LogP contribution < -0.4 is 5.73 Å². The van der Waals surface area contributed by atoms with E-state index in [0.29, 0.717) is 0 Å². The van der Waals surface area contributed by atoms with Gasteiger partial charge < -0.3 is 5.73 Å². The molecule has 0 spiro atoms. The molecule has 0 bridgehead atoms. The van der Waals surface area contributed by atoms with Crippen molar-refractivity contribution < 1.29 is 0 Å². The van der Waals surface area contributed by atoms with Crippen LogP contribution in [0.25, 0.3) is 0 Å². The topological polar surface area (TPSA) is 38.4 Å². The van der Waals surface area contributed by atoms with Gasteiger partial charge >= 0.3 is 0 Å². The summed E-state index contributed by atoms with van der Waals surface area (Å²) in [5.41, 5.74) is 5.85. The van der Waals surface area contributed by atoms with Gasteiger partial charge in [-0.25, -0.2) is 0 Å². The van der Waals surface area contributed by atoms with Crippen LogP contribution in [0.2, 0.25) is 0 Å². The van der Waals surface area contributed by atoms with Crippen molar-refractivity contribution in [3.8, 4) is 0 Å². The van der Waals surface area contributed by atoms with Crippen molar-refractivity contribution in [3.63, 3.8) is 0 Å². The molecule has 2 heteroatoms. The number of nitrogens with zero attached hydrogens (tertiary/aromatic N) is 1. The molecule has 0 atom stereocenters. The fourth-order valence-corrected chi connectivity index (χ4v) is 1.01. The Morgan fingerprint density at radius 3 is 2.42 bits per heavy atom. The highest BCUT2D eigenvalue weighted by atomic mass is 14.9. The molecule has 1 fully saturated rings. The van der Waals surface area contributed by atoms with E-state index < -0.39 is 0 Å². The Bertz CT molecular complexity index is 173. The third-order valence-corrected chi connectivity index (χ3v) is 2.28. The van der Waals surface area contributed by atoms with E-state index in [9.17, 15) is 0 Å². The van der Waals surface area contributed by atoms with E-state index in [2.05, 4.69) is 25.8 Å². The van der Waals surface area contributed by atoms with Gasteiger partial charge in [-0.15, -0.1) is 0 Å². The summed E-state index contributed by atoms with van der Waals surface area (Å²) < 4.78 is 0. The maximum Gasteiger partial charge on any atom is 0.0991 e. The highest BCUT2D eigenvalue weighted by Gasteiger charge is 2.21. The fraction of sp³-hybridized carbons (Fsp3) is 0.900. The van der Waals surface area contributed by atoms with Gasteiger partial charge in [0.1, 0.15) is 0 Å². The summed E-state index contributed by atoms with van der Waals surface area (Å²) in [6.45, 7) is 7.22. The molecule has 1 saturated carbocycles. The molecule has 1 aliphatic rings. The van der Waals surface area contributed by atoms with Gasteiger partial charge in [0.2, 0.25) is 0 Å². The molecule has 1 aliphatic carbocycles. The van der Waals surface area contributed by atoms with Gasteiger partial charge in [-0.3, -0.25) is 4.99 Å². The first-order valence-corrected chi connectivity index (χ1v) is 4.80. The normalized spacial score (nSPS) is 19.8. The SMILES string of the molecule is CC(C)(C)C(N)=NCCC1CC1. The van der Waals surface area contributed by atoms with Gasteiger partial charge in [0.05, 0.1) is 5.84 Å². The molecular formula is C10H20N2. The number of hydrogen-bond donors (Lipinski definition) is 1. The van der Waals surface area contributed by atoms with Gasteiger partial charge in [-0.05, 0) is 12.3 Å². The van der Waals surface area contributed by atoms with Crippen LogP contribution in [0.1, 0.15) is 40.0 Å². The Labute approximate surface area is 75.3 Å². The minimum Gasteiger partial charge on any atom is -0.387 e. The van der Waals surface area contributed by atoms with Gasteiger partial charge in [0, 0.05) is 12.0 Å². The summed E-state index contributed by atoms with van der Waals surface area (Å²) in [7, 11) is 0. The van der Waals surface area contributed by atoms with Crippen LogP contribution in [0.15, 0.2) is 4.99 Å². The molecule has 0 aromatic heterocycles. The van der Waals surface area contributed by atoms with E-state index in [0.717, 1.165) is 18.3 Å². The van der Waals surface area contributed by atoms with Gasteiger partial charge in [0.25, 0.3) is 0 Å². The average Bonchev–Trinajstić information content (AvgIpc) is 2.69. The summed E-state index contributed by atoms with van der Waals surface area (Å²) in [6.07, 6.45) is 4.05. The first-order valence-electron chi connectivity index (χ1n) is 4.80. The summed E-state index contributed by atoms with van der Waals surface area (Å²) in [4.78, 5) is 4.37. The lowest BCUT2D eigenvalue weighted by Crippen LogP contribution is -2.29. The maximum absolute atomic E-state index is 5.81. The zero-order chi connectivity index (χ0) is 9.19. The fourth-order valence-electron chi connectivity index (χ4n) is 1.01. The van der Waals surface area contributed by atoms with E-state index in [4.69, 9.17) is 5.73 Å². The molecule has 0 unspecified atom stereocenters. The van der Waals surface area contributed by atoms with Crippen LogP contribution in [0.4, 0.5) is 0 Å². The molecule has 0 saturated heterocycles. The number of aliphatic imine (C=N–C) groups is 1. The highest BCUT2D eigenvalue weighted by molar-refractivity contribution is 5.85. The van der Waals surface area contributed by atoms with Crippen molar-refractivity contribution in [1.29, 1.82) is 0 Å². The molecule has 0 heterocycles. The molecule has 70 valence electrons. The second-order valence-corrected chi connectivity index (χ2v) is 4.75. The predicted molar refractivity (Wildman–Crippen MR) is 53.3 cm³/mol. The van der Waals surface area contributed by atoms with Crippen LogP contribution in [-0.4, -0.2) is 12.4 Å². The summed E-state index contributed by atoms with van der Waals surface area (Å²) >= 11 is 0. The van der Waals surface area contributed by atoms with Gasteiger partial charge in [0.15, 0.2) is 0 Å². The highest BCUT2D eigenvalue weighted by Crippen LogP contribution is 2.32. The molecule has 0 amide bonds. The Morgan fingerprint density at radius 2 is 2.00 bits per heavy atom. The first kappa shape index (κ1) is 9.56. The number of hydrogen-bond acceptors (Lipinski definition) is 1. The van der Waals surface area contributed by atoms with Gasteiger partial charge in [-0.2, -0.15) is 0 Å². The summed E-state index contributed by atoms with van der Waals surface area (Å²) in [6, 6.07) is 0. The average molecular weight is 168 g/mol. The summed E-state index contributed by atoms with van der Waals surface area (Å²) in [5.74, 6) is 1.75. The van der Waals surface area contributed by atoms with Crippen molar-refractivity contribution in [3.05, 3.63) is 0 Å². The molecule has 0 aromatic rings. The largest absolute Gasteiger partial charge is 0.387 e. The molecule has 2 nitrogen and oxygen atoms in total. The second-order valence-electron chi connectivity index (χ2n) is 4.75. The van der Waals surface area contributed by atoms with Crippen LogP contribution in [0.3, 0.4) is 0 Å². The van der Waals surface area contributed by atoms with E-state index >= 15 is 0 Å². The molecule has 2 N–H and O–H groups in total. The lowest BCUT2D eigenvalue weighted by molar-refractivity contribution is 0.578. The Morgan fingerprint density at radius 1 is 1.42 bits per heavy atom. The molecule has 1 rings (SSSR count).